The summed E-state index contributed by atoms with van der Waals surface area (Å²) in [5.41, 5.74) is 4.30. The molecule has 1 unspecified atom stereocenters. The van der Waals surface area contributed by atoms with Crippen LogP contribution < -0.4 is 0 Å². The fourth-order valence-corrected chi connectivity index (χ4v) is 3.19. The molecule has 0 radical (unpaired) electrons. The third kappa shape index (κ3) is 4.08. The maximum atomic E-state index is 5.73. The Balaban J connectivity index is 2.57. The molecule has 0 amide bonds. The lowest BCUT2D eigenvalue weighted by Crippen LogP contribution is -1.99. The van der Waals surface area contributed by atoms with Gasteiger partial charge in [-0.3, -0.25) is 0 Å². The van der Waals surface area contributed by atoms with Crippen LogP contribution in [-0.2, 0) is 5.75 Å². The van der Waals surface area contributed by atoms with Crippen molar-refractivity contribution in [2.75, 3.05) is 5.88 Å². The van der Waals surface area contributed by atoms with Gasteiger partial charge >= 0.3 is 0 Å². The smallest absolute Gasteiger partial charge is 0.0233 e. The second-order valence-electron chi connectivity index (χ2n) is 3.97. The quantitative estimate of drug-likeness (QED) is 0.683. The lowest BCUT2D eigenvalue weighted by molar-refractivity contribution is 0.911. The van der Waals surface area contributed by atoms with Crippen LogP contribution in [0.4, 0.5) is 0 Å². The SMILES string of the molecule is Cc1cccc(C)c1CSC(C)CCCl. The van der Waals surface area contributed by atoms with E-state index in [1.807, 2.05) is 11.8 Å². The van der Waals surface area contributed by atoms with E-state index in [4.69, 9.17) is 11.6 Å². The molecule has 0 bridgehead atoms. The molecule has 1 atom stereocenters. The molecule has 84 valence electrons. The van der Waals surface area contributed by atoms with Crippen LogP contribution in [0.2, 0.25) is 0 Å². The summed E-state index contributed by atoms with van der Waals surface area (Å²) in [5.74, 6) is 1.87. The summed E-state index contributed by atoms with van der Waals surface area (Å²) in [6.45, 7) is 6.63. The van der Waals surface area contributed by atoms with E-state index in [2.05, 4.69) is 39.0 Å². The second kappa shape index (κ2) is 6.44. The Morgan fingerprint density at radius 3 is 2.40 bits per heavy atom. The van der Waals surface area contributed by atoms with Crippen LogP contribution >= 0.6 is 23.4 Å². The summed E-state index contributed by atoms with van der Waals surface area (Å²) in [6, 6.07) is 6.51. The Labute approximate surface area is 102 Å². The van der Waals surface area contributed by atoms with Crippen molar-refractivity contribution in [3.05, 3.63) is 34.9 Å². The van der Waals surface area contributed by atoms with Gasteiger partial charge in [0, 0.05) is 16.9 Å². The molecule has 0 saturated heterocycles. The van der Waals surface area contributed by atoms with E-state index in [-0.39, 0.29) is 0 Å². The minimum atomic E-state index is 0.654. The molecule has 0 saturated carbocycles. The van der Waals surface area contributed by atoms with E-state index in [1.165, 1.54) is 16.7 Å². The van der Waals surface area contributed by atoms with Gasteiger partial charge in [0.2, 0.25) is 0 Å². The highest BCUT2D eigenvalue weighted by molar-refractivity contribution is 7.99. The summed E-state index contributed by atoms with van der Waals surface area (Å²) < 4.78 is 0. The first kappa shape index (κ1) is 12.9. The van der Waals surface area contributed by atoms with Gasteiger partial charge in [0.05, 0.1) is 0 Å². The first-order valence-corrected chi connectivity index (χ1v) is 6.96. The summed E-state index contributed by atoms with van der Waals surface area (Å²) in [4.78, 5) is 0. The first-order chi connectivity index (χ1) is 7.15. The zero-order valence-electron chi connectivity index (χ0n) is 9.72. The molecule has 15 heavy (non-hydrogen) atoms. The number of hydrogen-bond donors (Lipinski definition) is 0. The fourth-order valence-electron chi connectivity index (χ4n) is 1.54. The number of aryl methyl sites for hydroxylation is 2. The van der Waals surface area contributed by atoms with Crippen molar-refractivity contribution in [2.24, 2.45) is 0 Å². The van der Waals surface area contributed by atoms with Gasteiger partial charge in [-0.1, -0.05) is 25.1 Å². The topological polar surface area (TPSA) is 0 Å². The molecule has 0 spiro atoms. The minimum absolute atomic E-state index is 0.654. The van der Waals surface area contributed by atoms with E-state index in [1.54, 1.807) is 0 Å². The average molecular weight is 243 g/mol. The van der Waals surface area contributed by atoms with Crippen molar-refractivity contribution in [3.63, 3.8) is 0 Å². The number of benzene rings is 1. The van der Waals surface area contributed by atoms with Gasteiger partial charge in [-0.2, -0.15) is 11.8 Å². The molecular formula is C13H19ClS. The summed E-state index contributed by atoms with van der Waals surface area (Å²) in [5, 5.41) is 0.654. The standard InChI is InChI=1S/C13H19ClS/c1-10-5-4-6-11(2)13(10)9-15-12(3)7-8-14/h4-6,12H,7-9H2,1-3H3. The van der Waals surface area contributed by atoms with E-state index in [0.717, 1.165) is 18.1 Å². The monoisotopic (exact) mass is 242 g/mol. The lowest BCUT2D eigenvalue weighted by atomic mass is 10.1. The van der Waals surface area contributed by atoms with Gasteiger partial charge in [-0.15, -0.1) is 11.6 Å². The molecule has 0 fully saturated rings. The summed E-state index contributed by atoms with van der Waals surface area (Å²) >= 11 is 7.73. The second-order valence-corrected chi connectivity index (χ2v) is 5.77. The van der Waals surface area contributed by atoms with E-state index in [0.29, 0.717) is 5.25 Å². The fraction of sp³-hybridized carbons (Fsp3) is 0.538. The molecule has 1 rings (SSSR count). The third-order valence-electron chi connectivity index (χ3n) is 2.67. The Kier molecular flexibility index (Phi) is 5.55. The van der Waals surface area contributed by atoms with Crippen molar-refractivity contribution < 1.29 is 0 Å². The predicted octanol–water partition coefficient (Wildman–Crippen LogP) is 4.55. The Hall–Kier alpha value is -0.140. The van der Waals surface area contributed by atoms with Crippen LogP contribution in [0.1, 0.15) is 30.0 Å². The van der Waals surface area contributed by atoms with Crippen molar-refractivity contribution >= 4 is 23.4 Å². The van der Waals surface area contributed by atoms with Gasteiger partial charge in [0.1, 0.15) is 0 Å². The highest BCUT2D eigenvalue weighted by Crippen LogP contribution is 2.24. The van der Waals surface area contributed by atoms with Gasteiger partial charge in [-0.05, 0) is 37.0 Å². The lowest BCUT2D eigenvalue weighted by Gasteiger charge is -2.13. The molecule has 0 N–H and O–H groups in total. The highest BCUT2D eigenvalue weighted by Gasteiger charge is 2.06. The molecule has 0 aliphatic carbocycles. The number of rotatable bonds is 5. The van der Waals surface area contributed by atoms with Gasteiger partial charge in [0.25, 0.3) is 0 Å². The molecule has 0 aliphatic heterocycles. The van der Waals surface area contributed by atoms with Crippen molar-refractivity contribution in [1.29, 1.82) is 0 Å². The van der Waals surface area contributed by atoms with Crippen LogP contribution in [0.15, 0.2) is 18.2 Å². The normalized spacial score (nSPS) is 12.8. The number of hydrogen-bond acceptors (Lipinski definition) is 1. The maximum absolute atomic E-state index is 5.73. The average Bonchev–Trinajstić information content (AvgIpc) is 2.17. The maximum Gasteiger partial charge on any atom is 0.0233 e. The van der Waals surface area contributed by atoms with Crippen molar-refractivity contribution in [1.82, 2.24) is 0 Å². The highest BCUT2D eigenvalue weighted by atomic mass is 35.5. The zero-order chi connectivity index (χ0) is 11.3. The molecule has 1 aromatic rings. The van der Waals surface area contributed by atoms with E-state index < -0.39 is 0 Å². The summed E-state index contributed by atoms with van der Waals surface area (Å²) in [6.07, 6.45) is 1.09. The first-order valence-electron chi connectivity index (χ1n) is 5.37. The molecule has 0 aliphatic rings. The molecular weight excluding hydrogens is 224 g/mol. The van der Waals surface area contributed by atoms with E-state index in [9.17, 15) is 0 Å². The van der Waals surface area contributed by atoms with Crippen LogP contribution in [0.25, 0.3) is 0 Å². The Bertz CT molecular complexity index is 289. The molecule has 0 aromatic heterocycles. The zero-order valence-corrected chi connectivity index (χ0v) is 11.3. The van der Waals surface area contributed by atoms with Crippen LogP contribution in [0.5, 0.6) is 0 Å². The Morgan fingerprint density at radius 2 is 1.87 bits per heavy atom. The van der Waals surface area contributed by atoms with Crippen molar-refractivity contribution in [3.8, 4) is 0 Å². The van der Waals surface area contributed by atoms with Crippen LogP contribution in [0.3, 0.4) is 0 Å². The molecule has 2 heteroatoms. The van der Waals surface area contributed by atoms with Crippen LogP contribution in [0, 0.1) is 13.8 Å². The van der Waals surface area contributed by atoms with Gasteiger partial charge < -0.3 is 0 Å². The number of halogens is 1. The molecule has 0 nitrogen and oxygen atoms in total. The van der Waals surface area contributed by atoms with Gasteiger partial charge in [-0.25, -0.2) is 0 Å². The Morgan fingerprint density at radius 1 is 1.27 bits per heavy atom. The van der Waals surface area contributed by atoms with Crippen molar-refractivity contribution in [2.45, 2.75) is 38.2 Å². The van der Waals surface area contributed by atoms with Crippen LogP contribution in [-0.4, -0.2) is 11.1 Å². The molecule has 0 heterocycles. The minimum Gasteiger partial charge on any atom is -0.154 e. The largest absolute Gasteiger partial charge is 0.154 e. The molecule has 1 aromatic carbocycles. The number of alkyl halides is 1. The third-order valence-corrected chi connectivity index (χ3v) is 4.15. The van der Waals surface area contributed by atoms with E-state index >= 15 is 0 Å². The number of thioether (sulfide) groups is 1. The predicted molar refractivity (Wildman–Crippen MR) is 72.0 cm³/mol. The van der Waals surface area contributed by atoms with Gasteiger partial charge in [0.15, 0.2) is 0 Å². The summed E-state index contributed by atoms with van der Waals surface area (Å²) in [7, 11) is 0.